The summed E-state index contributed by atoms with van der Waals surface area (Å²) >= 11 is 0. The molecule has 1 aromatic carbocycles. The lowest BCUT2D eigenvalue weighted by atomic mass is 9.94. The molecule has 5 nitrogen and oxygen atoms in total. The number of aromatic nitrogens is 1. The molecule has 0 N–H and O–H groups in total. The number of pyridine rings is 1. The Morgan fingerprint density at radius 1 is 1.14 bits per heavy atom. The largest absolute Gasteiger partial charge is 0.340 e. The van der Waals surface area contributed by atoms with Crippen LogP contribution in [0.4, 0.5) is 4.39 Å². The van der Waals surface area contributed by atoms with Gasteiger partial charge in [-0.05, 0) is 49.1 Å². The zero-order valence-corrected chi connectivity index (χ0v) is 15.8. The fourth-order valence-electron chi connectivity index (χ4n) is 4.22. The Morgan fingerprint density at radius 3 is 2.82 bits per heavy atom. The molecule has 2 aromatic rings. The molecule has 2 atom stereocenters. The molecule has 2 amide bonds. The maximum Gasteiger partial charge on any atom is 0.228 e. The van der Waals surface area contributed by atoms with E-state index in [0.717, 1.165) is 24.1 Å². The normalized spacial score (nSPS) is 21.7. The monoisotopic (exact) mass is 381 g/mol. The zero-order valence-electron chi connectivity index (χ0n) is 15.8. The number of halogens is 1. The van der Waals surface area contributed by atoms with E-state index in [4.69, 9.17) is 0 Å². The van der Waals surface area contributed by atoms with Gasteiger partial charge in [0.15, 0.2) is 0 Å². The van der Waals surface area contributed by atoms with Gasteiger partial charge < -0.3 is 9.80 Å². The van der Waals surface area contributed by atoms with E-state index in [1.807, 2.05) is 34.1 Å². The minimum atomic E-state index is -0.284. The van der Waals surface area contributed by atoms with Gasteiger partial charge in [0.25, 0.3) is 0 Å². The Balaban J connectivity index is 1.42. The molecular formula is C22H24FN3O2. The van der Waals surface area contributed by atoms with Gasteiger partial charge in [-0.1, -0.05) is 18.2 Å². The van der Waals surface area contributed by atoms with Gasteiger partial charge in [-0.3, -0.25) is 14.6 Å². The molecule has 1 aromatic heterocycles. The predicted octanol–water partition coefficient (Wildman–Crippen LogP) is 2.80. The molecule has 6 heteroatoms. The second-order valence-corrected chi connectivity index (χ2v) is 7.64. The third-order valence-electron chi connectivity index (χ3n) is 5.72. The minimum Gasteiger partial charge on any atom is -0.340 e. The van der Waals surface area contributed by atoms with Crippen LogP contribution < -0.4 is 0 Å². The van der Waals surface area contributed by atoms with E-state index in [1.54, 1.807) is 12.3 Å². The Hall–Kier alpha value is -2.76. The van der Waals surface area contributed by atoms with E-state index in [9.17, 15) is 14.0 Å². The van der Waals surface area contributed by atoms with E-state index in [0.29, 0.717) is 32.5 Å². The van der Waals surface area contributed by atoms with E-state index in [-0.39, 0.29) is 29.6 Å². The van der Waals surface area contributed by atoms with E-state index >= 15 is 0 Å². The van der Waals surface area contributed by atoms with Crippen LogP contribution in [0, 0.1) is 11.7 Å². The Kier molecular flexibility index (Phi) is 5.37. The number of hydrogen-bond donors (Lipinski definition) is 0. The number of carbonyl (C=O) groups excluding carboxylic acids is 2. The quantitative estimate of drug-likeness (QED) is 0.800. The number of hydrogen-bond acceptors (Lipinski definition) is 3. The molecule has 4 heterocycles. The first-order chi connectivity index (χ1) is 13.6. The molecule has 5 rings (SSSR count). The van der Waals surface area contributed by atoms with Gasteiger partial charge in [0, 0.05) is 31.7 Å². The van der Waals surface area contributed by atoms with Crippen molar-refractivity contribution < 1.29 is 14.0 Å². The van der Waals surface area contributed by atoms with Crippen LogP contribution in [0.1, 0.15) is 30.5 Å². The fourth-order valence-corrected chi connectivity index (χ4v) is 4.22. The van der Waals surface area contributed by atoms with Crippen LogP contribution in [0.5, 0.6) is 0 Å². The predicted molar refractivity (Wildman–Crippen MR) is 103 cm³/mol. The summed E-state index contributed by atoms with van der Waals surface area (Å²) in [7, 11) is 0. The second kappa shape index (κ2) is 8.09. The molecule has 3 aliphatic heterocycles. The van der Waals surface area contributed by atoms with Gasteiger partial charge in [0.05, 0.1) is 18.2 Å². The van der Waals surface area contributed by atoms with Crippen molar-refractivity contribution in [3.05, 3.63) is 65.7 Å². The van der Waals surface area contributed by atoms with Crippen molar-refractivity contribution in [3.8, 4) is 0 Å². The average Bonchev–Trinajstić information content (AvgIpc) is 3.00. The first-order valence-corrected chi connectivity index (χ1v) is 9.83. The lowest BCUT2D eigenvalue weighted by Crippen LogP contribution is -2.47. The summed E-state index contributed by atoms with van der Waals surface area (Å²) in [6, 6.07) is 12.1. The Bertz CT molecular complexity index is 858. The molecule has 0 spiro atoms. The summed E-state index contributed by atoms with van der Waals surface area (Å²) in [5.74, 6) is -0.259. The standard InChI is InChI=1S/C22H24FN3O2/c23-18-5-3-4-16(12-18)7-10-21(27)25-13-17-8-9-20(15-25)26(22(17)28)14-19-6-1-2-11-24-19/h1-6,11-12,17,20H,7-10,13-15H2/t17-,20+/m0/s1. The number of nitrogens with zero attached hydrogens (tertiary/aromatic N) is 3. The molecule has 0 unspecified atom stereocenters. The van der Waals surface area contributed by atoms with Crippen molar-refractivity contribution in [1.29, 1.82) is 0 Å². The summed E-state index contributed by atoms with van der Waals surface area (Å²) < 4.78 is 13.3. The fraction of sp³-hybridized carbons (Fsp3) is 0.409. The lowest BCUT2D eigenvalue weighted by Gasteiger charge is -2.35. The molecule has 146 valence electrons. The first kappa shape index (κ1) is 18.6. The SMILES string of the molecule is O=C(CCc1cccc(F)c1)N1C[C@@H]2CC[C@H](C1)N(Cc1ccccn1)C2=O. The van der Waals surface area contributed by atoms with Crippen molar-refractivity contribution in [1.82, 2.24) is 14.8 Å². The number of fused-ring (bicyclic) bond motifs is 4. The summed E-state index contributed by atoms with van der Waals surface area (Å²) in [6.45, 7) is 1.54. The maximum absolute atomic E-state index is 13.3. The van der Waals surface area contributed by atoms with Crippen molar-refractivity contribution in [3.63, 3.8) is 0 Å². The summed E-state index contributed by atoms with van der Waals surface area (Å²) in [6.07, 6.45) is 4.32. The van der Waals surface area contributed by atoms with Crippen LogP contribution in [0.15, 0.2) is 48.7 Å². The Morgan fingerprint density at radius 2 is 2.04 bits per heavy atom. The zero-order chi connectivity index (χ0) is 19.5. The smallest absolute Gasteiger partial charge is 0.228 e. The van der Waals surface area contributed by atoms with Crippen LogP contribution in [-0.2, 0) is 22.6 Å². The molecule has 3 fully saturated rings. The Labute approximate surface area is 164 Å². The van der Waals surface area contributed by atoms with Crippen LogP contribution in [0.25, 0.3) is 0 Å². The van der Waals surface area contributed by atoms with Crippen LogP contribution in [0.2, 0.25) is 0 Å². The minimum absolute atomic E-state index is 0.0337. The highest BCUT2D eigenvalue weighted by Crippen LogP contribution is 2.30. The number of amides is 2. The van der Waals surface area contributed by atoms with Crippen LogP contribution in [-0.4, -0.2) is 45.7 Å². The average molecular weight is 381 g/mol. The van der Waals surface area contributed by atoms with Crippen LogP contribution in [0.3, 0.4) is 0 Å². The maximum atomic E-state index is 13.3. The highest BCUT2D eigenvalue weighted by molar-refractivity contribution is 5.83. The van der Waals surface area contributed by atoms with Crippen molar-refractivity contribution in [2.24, 2.45) is 5.92 Å². The number of benzene rings is 1. The van der Waals surface area contributed by atoms with Gasteiger partial charge >= 0.3 is 0 Å². The molecule has 0 saturated carbocycles. The van der Waals surface area contributed by atoms with Gasteiger partial charge in [-0.2, -0.15) is 0 Å². The topological polar surface area (TPSA) is 53.5 Å². The molecule has 28 heavy (non-hydrogen) atoms. The number of rotatable bonds is 5. The van der Waals surface area contributed by atoms with E-state index < -0.39 is 0 Å². The van der Waals surface area contributed by atoms with Gasteiger partial charge in [0.2, 0.25) is 11.8 Å². The molecule has 0 radical (unpaired) electrons. The van der Waals surface area contributed by atoms with Crippen molar-refractivity contribution >= 4 is 11.8 Å². The van der Waals surface area contributed by atoms with Crippen molar-refractivity contribution in [2.45, 2.75) is 38.3 Å². The highest BCUT2D eigenvalue weighted by atomic mass is 19.1. The summed E-state index contributed by atoms with van der Waals surface area (Å²) in [5, 5.41) is 0. The molecule has 3 aliphatic rings. The number of piperidine rings is 1. The first-order valence-electron chi connectivity index (χ1n) is 9.83. The molecule has 2 bridgehead atoms. The highest BCUT2D eigenvalue weighted by Gasteiger charge is 2.41. The summed E-state index contributed by atoms with van der Waals surface area (Å²) in [4.78, 5) is 33.8. The number of carbonyl (C=O) groups is 2. The molecular weight excluding hydrogens is 357 g/mol. The third-order valence-corrected chi connectivity index (χ3v) is 5.72. The van der Waals surface area contributed by atoms with Gasteiger partial charge in [-0.25, -0.2) is 4.39 Å². The third kappa shape index (κ3) is 4.06. The lowest BCUT2D eigenvalue weighted by molar-refractivity contribution is -0.140. The van der Waals surface area contributed by atoms with Gasteiger partial charge in [0.1, 0.15) is 5.82 Å². The molecule has 0 aliphatic carbocycles. The van der Waals surface area contributed by atoms with Crippen LogP contribution >= 0.6 is 0 Å². The second-order valence-electron chi connectivity index (χ2n) is 7.64. The van der Waals surface area contributed by atoms with E-state index in [2.05, 4.69) is 4.98 Å². The van der Waals surface area contributed by atoms with Gasteiger partial charge in [-0.15, -0.1) is 0 Å². The molecule has 3 saturated heterocycles. The van der Waals surface area contributed by atoms with Crippen molar-refractivity contribution in [2.75, 3.05) is 13.1 Å². The van der Waals surface area contributed by atoms with E-state index in [1.165, 1.54) is 12.1 Å². The number of aryl methyl sites for hydroxylation is 1. The summed E-state index contributed by atoms with van der Waals surface area (Å²) in [5.41, 5.74) is 1.69.